The lowest BCUT2D eigenvalue weighted by Gasteiger charge is -1.97. The molecule has 6 nitrogen and oxygen atoms in total. The Hall–Kier alpha value is -1.16. The van der Waals surface area contributed by atoms with Crippen LogP contribution in [-0.4, -0.2) is 28.8 Å². The molecule has 0 radical (unpaired) electrons. The minimum Gasteiger partial charge on any atom is -0.346 e. The van der Waals surface area contributed by atoms with Crippen LogP contribution in [0.1, 0.15) is 0 Å². The molecule has 0 aromatic carbocycles. The Labute approximate surface area is 70.1 Å². The fourth-order valence-electron chi connectivity index (χ4n) is 0.136. The quantitative estimate of drug-likeness (QED) is 0.504. The van der Waals surface area contributed by atoms with Crippen molar-refractivity contribution >= 4 is 10.1 Å². The molecule has 10 heteroatoms. The van der Waals surface area contributed by atoms with E-state index in [1.165, 1.54) is 12.5 Å². The molecule has 1 rings (SSSR count). The molecule has 1 heterocycles. The van der Waals surface area contributed by atoms with Crippen molar-refractivity contribution in [2.24, 2.45) is 0 Å². The Morgan fingerprint density at radius 3 is 1.92 bits per heavy atom. The van der Waals surface area contributed by atoms with E-state index in [0.29, 0.717) is 0 Å². The van der Waals surface area contributed by atoms with Crippen LogP contribution < -0.4 is 0 Å². The molecule has 0 atom stereocenters. The summed E-state index contributed by atoms with van der Waals surface area (Å²) < 4.78 is 61.8. The second kappa shape index (κ2) is 4.18. The normalized spacial score (nSPS) is 11.7. The first-order valence-electron chi connectivity index (χ1n) is 2.50. The Bertz CT molecular complexity index is 300. The molecular formula is C3H3F3N2O4S. The molecule has 13 heavy (non-hydrogen) atoms. The van der Waals surface area contributed by atoms with Crippen LogP contribution in [0.4, 0.5) is 13.2 Å². The number of hydrogen-bond donors (Lipinski definition) is 1. The van der Waals surface area contributed by atoms with Crippen molar-refractivity contribution in [1.29, 1.82) is 0 Å². The summed E-state index contributed by atoms with van der Waals surface area (Å²) in [6.45, 7) is 0. The van der Waals surface area contributed by atoms with Crippen molar-refractivity contribution in [2.75, 3.05) is 0 Å². The van der Waals surface area contributed by atoms with Gasteiger partial charge in [-0.2, -0.15) is 21.6 Å². The van der Waals surface area contributed by atoms with Crippen molar-refractivity contribution in [3.05, 3.63) is 12.5 Å². The van der Waals surface area contributed by atoms with Gasteiger partial charge in [-0.25, -0.2) is 0 Å². The van der Waals surface area contributed by atoms with Gasteiger partial charge < -0.3 is 4.52 Å². The van der Waals surface area contributed by atoms with Crippen molar-refractivity contribution in [2.45, 2.75) is 5.51 Å². The molecule has 0 aliphatic carbocycles. The van der Waals surface area contributed by atoms with E-state index in [1.807, 2.05) is 0 Å². The number of halogens is 3. The highest BCUT2D eigenvalue weighted by atomic mass is 32.2. The summed E-state index contributed by atoms with van der Waals surface area (Å²) in [6, 6.07) is 0. The zero-order chi connectivity index (χ0) is 10.5. The molecule has 1 N–H and O–H groups in total. The van der Waals surface area contributed by atoms with Gasteiger partial charge in [0, 0.05) is 5.27 Å². The van der Waals surface area contributed by atoms with Gasteiger partial charge in [0.2, 0.25) is 0 Å². The van der Waals surface area contributed by atoms with Gasteiger partial charge in [-0.05, 0) is 0 Å². The molecule has 0 aliphatic heterocycles. The van der Waals surface area contributed by atoms with Gasteiger partial charge in [0.25, 0.3) is 0 Å². The third kappa shape index (κ3) is 5.14. The molecule has 0 bridgehead atoms. The average molecular weight is 220 g/mol. The molecule has 0 saturated heterocycles. The van der Waals surface area contributed by atoms with E-state index >= 15 is 0 Å². The summed E-state index contributed by atoms with van der Waals surface area (Å²) >= 11 is 0. The SMILES string of the molecule is O=S(=O)(O)C(F)(F)F.c1conn1. The third-order valence-corrected chi connectivity index (χ3v) is 1.16. The van der Waals surface area contributed by atoms with Gasteiger partial charge >= 0.3 is 15.6 Å². The smallest absolute Gasteiger partial charge is 0.346 e. The second-order valence-corrected chi connectivity index (χ2v) is 2.92. The Balaban J connectivity index is 0.000000243. The molecule has 0 spiro atoms. The van der Waals surface area contributed by atoms with Crippen molar-refractivity contribution < 1.29 is 30.7 Å². The monoisotopic (exact) mass is 220 g/mol. The highest BCUT2D eigenvalue weighted by Crippen LogP contribution is 2.20. The maximum absolute atomic E-state index is 10.7. The molecule has 1 aromatic heterocycles. The van der Waals surface area contributed by atoms with Crippen LogP contribution in [0.25, 0.3) is 0 Å². The van der Waals surface area contributed by atoms with Gasteiger partial charge in [-0.3, -0.25) is 4.55 Å². The van der Waals surface area contributed by atoms with E-state index in [0.717, 1.165) is 0 Å². The standard InChI is InChI=1S/C2H2N2O.CHF3O3S/c1-2-5-4-3-1;2-1(3,4)8(5,6)7/h1-2H;(H,5,6,7). The zero-order valence-electron chi connectivity index (χ0n) is 5.76. The molecule has 0 unspecified atom stereocenters. The van der Waals surface area contributed by atoms with Gasteiger partial charge in [0.05, 0.1) is 6.20 Å². The predicted octanol–water partition coefficient (Wildman–Crippen LogP) is 0.464. The van der Waals surface area contributed by atoms with E-state index in [1.54, 1.807) is 0 Å². The number of aromatic nitrogens is 2. The lowest BCUT2D eigenvalue weighted by atomic mass is 11.0. The van der Waals surface area contributed by atoms with E-state index in [4.69, 9.17) is 13.0 Å². The first-order valence-corrected chi connectivity index (χ1v) is 3.94. The largest absolute Gasteiger partial charge is 0.522 e. The lowest BCUT2D eigenvalue weighted by Crippen LogP contribution is -2.21. The van der Waals surface area contributed by atoms with Crippen LogP contribution in [0, 0.1) is 0 Å². The van der Waals surface area contributed by atoms with Crippen LogP contribution in [0.5, 0.6) is 0 Å². The van der Waals surface area contributed by atoms with Gasteiger partial charge in [-0.1, -0.05) is 0 Å². The van der Waals surface area contributed by atoms with E-state index in [-0.39, 0.29) is 0 Å². The fourth-order valence-corrected chi connectivity index (χ4v) is 0.136. The van der Waals surface area contributed by atoms with Crippen LogP contribution in [-0.2, 0) is 10.1 Å². The van der Waals surface area contributed by atoms with E-state index < -0.39 is 15.6 Å². The Kier molecular flexibility index (Phi) is 3.81. The highest BCUT2D eigenvalue weighted by Gasteiger charge is 2.44. The number of hydrogen-bond acceptors (Lipinski definition) is 5. The molecule has 0 saturated carbocycles. The van der Waals surface area contributed by atoms with Gasteiger partial charge in [-0.15, -0.1) is 5.10 Å². The average Bonchev–Trinajstić information content (AvgIpc) is 2.35. The topological polar surface area (TPSA) is 93.3 Å². The van der Waals surface area contributed by atoms with Crippen molar-refractivity contribution in [1.82, 2.24) is 10.4 Å². The zero-order valence-corrected chi connectivity index (χ0v) is 6.58. The predicted molar refractivity (Wildman–Crippen MR) is 31.9 cm³/mol. The van der Waals surface area contributed by atoms with Crippen LogP contribution in [0.3, 0.4) is 0 Å². The van der Waals surface area contributed by atoms with E-state index in [2.05, 4.69) is 14.9 Å². The molecule has 1 aromatic rings. The van der Waals surface area contributed by atoms with Crippen molar-refractivity contribution in [3.8, 4) is 0 Å². The molecule has 0 fully saturated rings. The Morgan fingerprint density at radius 1 is 1.38 bits per heavy atom. The molecular weight excluding hydrogens is 217 g/mol. The second-order valence-electron chi connectivity index (χ2n) is 1.51. The summed E-state index contributed by atoms with van der Waals surface area (Å²) in [7, 11) is -5.84. The maximum atomic E-state index is 10.7. The van der Waals surface area contributed by atoms with Gasteiger partial charge in [0.15, 0.2) is 0 Å². The van der Waals surface area contributed by atoms with Crippen LogP contribution in [0.2, 0.25) is 0 Å². The number of alkyl halides is 3. The summed E-state index contributed by atoms with van der Waals surface area (Å²) in [5.41, 5.74) is -5.53. The summed E-state index contributed by atoms with van der Waals surface area (Å²) in [5.74, 6) is 0. The highest BCUT2D eigenvalue weighted by molar-refractivity contribution is 7.86. The van der Waals surface area contributed by atoms with Gasteiger partial charge in [0.1, 0.15) is 6.26 Å². The van der Waals surface area contributed by atoms with E-state index in [9.17, 15) is 13.2 Å². The molecule has 0 aliphatic rings. The van der Waals surface area contributed by atoms with Crippen LogP contribution >= 0.6 is 0 Å². The minimum atomic E-state index is -5.84. The lowest BCUT2D eigenvalue weighted by molar-refractivity contribution is -0.0510. The van der Waals surface area contributed by atoms with Crippen molar-refractivity contribution in [3.63, 3.8) is 0 Å². The fraction of sp³-hybridized carbons (Fsp3) is 0.333. The minimum absolute atomic E-state index is 1.40. The first-order chi connectivity index (χ1) is 5.75. The Morgan fingerprint density at radius 2 is 1.85 bits per heavy atom. The summed E-state index contributed by atoms with van der Waals surface area (Å²) in [4.78, 5) is 0. The summed E-state index contributed by atoms with van der Waals surface area (Å²) in [5, 5.41) is 6.40. The maximum Gasteiger partial charge on any atom is 0.522 e. The number of nitrogens with zero attached hydrogens (tertiary/aromatic N) is 2. The first kappa shape index (κ1) is 11.8. The summed E-state index contributed by atoms with van der Waals surface area (Å²) in [6.07, 6.45) is 2.88. The molecule has 76 valence electrons. The molecule has 0 amide bonds. The number of rotatable bonds is 0. The van der Waals surface area contributed by atoms with Crippen LogP contribution in [0.15, 0.2) is 17.0 Å². The third-order valence-electron chi connectivity index (χ3n) is 0.575.